The number of halogens is 1. The second-order valence-corrected chi connectivity index (χ2v) is 5.26. The van der Waals surface area contributed by atoms with Gasteiger partial charge in [0.25, 0.3) is 0 Å². The summed E-state index contributed by atoms with van der Waals surface area (Å²) in [5, 5.41) is 12.3. The zero-order valence-corrected chi connectivity index (χ0v) is 12.7. The Labute approximate surface area is 125 Å². The third-order valence-electron chi connectivity index (χ3n) is 2.92. The van der Waals surface area contributed by atoms with Crippen molar-refractivity contribution in [3.8, 4) is 0 Å². The molecule has 2 rings (SSSR count). The molecule has 0 radical (unpaired) electrons. The fourth-order valence-corrected chi connectivity index (χ4v) is 2.14. The summed E-state index contributed by atoms with van der Waals surface area (Å²) in [4.78, 5) is 18.8. The molecule has 0 saturated carbocycles. The summed E-state index contributed by atoms with van der Waals surface area (Å²) < 4.78 is 1.08. The maximum absolute atomic E-state index is 11.1. The average molecular weight is 336 g/mol. The summed E-state index contributed by atoms with van der Waals surface area (Å²) in [7, 11) is 0. The molecular formula is C14H14BrN3O2. The zero-order chi connectivity index (χ0) is 14.7. The van der Waals surface area contributed by atoms with Crippen molar-refractivity contribution in [2.24, 2.45) is 0 Å². The fraction of sp³-hybridized carbons (Fsp3) is 0.214. The van der Waals surface area contributed by atoms with E-state index in [0.29, 0.717) is 12.2 Å². The first-order valence-electron chi connectivity index (χ1n) is 6.02. The number of rotatable bonds is 4. The molecule has 0 saturated heterocycles. The predicted molar refractivity (Wildman–Crippen MR) is 79.9 cm³/mol. The van der Waals surface area contributed by atoms with E-state index in [9.17, 15) is 4.79 Å². The molecule has 2 aromatic rings. The van der Waals surface area contributed by atoms with Crippen LogP contribution in [0.1, 0.15) is 27.2 Å². The molecule has 0 atom stereocenters. The summed E-state index contributed by atoms with van der Waals surface area (Å²) in [6.07, 6.45) is 2.66. The van der Waals surface area contributed by atoms with E-state index in [2.05, 4.69) is 31.2 Å². The lowest BCUT2D eigenvalue weighted by Crippen LogP contribution is -2.10. The SMILES string of the molecule is Cc1cc(NCc2ncncc2C(=O)O)cc(C)c1Br. The normalized spacial score (nSPS) is 10.3. The van der Waals surface area contributed by atoms with Crippen molar-refractivity contribution in [3.63, 3.8) is 0 Å². The summed E-state index contributed by atoms with van der Waals surface area (Å²) >= 11 is 3.51. The smallest absolute Gasteiger partial charge is 0.339 e. The summed E-state index contributed by atoms with van der Waals surface area (Å²) in [5.41, 5.74) is 3.75. The second kappa shape index (κ2) is 6.00. The average Bonchev–Trinajstić information content (AvgIpc) is 2.42. The Morgan fingerprint density at radius 1 is 1.35 bits per heavy atom. The monoisotopic (exact) mass is 335 g/mol. The molecule has 0 spiro atoms. The van der Waals surface area contributed by atoms with Gasteiger partial charge >= 0.3 is 5.97 Å². The number of aryl methyl sites for hydroxylation is 2. The van der Waals surface area contributed by atoms with Crippen molar-refractivity contribution in [2.75, 3.05) is 5.32 Å². The van der Waals surface area contributed by atoms with Crippen molar-refractivity contribution < 1.29 is 9.90 Å². The van der Waals surface area contributed by atoms with Crippen LogP contribution in [0, 0.1) is 13.8 Å². The summed E-state index contributed by atoms with van der Waals surface area (Å²) in [6.45, 7) is 4.36. The third kappa shape index (κ3) is 3.14. The Bertz CT molecular complexity index is 636. The number of benzene rings is 1. The van der Waals surface area contributed by atoms with Crippen LogP contribution in [-0.4, -0.2) is 21.0 Å². The molecule has 0 aliphatic rings. The minimum absolute atomic E-state index is 0.116. The van der Waals surface area contributed by atoms with Crippen LogP contribution in [0.2, 0.25) is 0 Å². The lowest BCUT2D eigenvalue weighted by atomic mass is 10.1. The molecule has 0 aliphatic heterocycles. The lowest BCUT2D eigenvalue weighted by Gasteiger charge is -2.11. The molecule has 0 bridgehead atoms. The lowest BCUT2D eigenvalue weighted by molar-refractivity contribution is 0.0694. The number of nitrogens with zero attached hydrogens (tertiary/aromatic N) is 2. The van der Waals surface area contributed by atoms with Crippen LogP contribution in [0.3, 0.4) is 0 Å². The topological polar surface area (TPSA) is 75.1 Å². The Morgan fingerprint density at radius 3 is 2.60 bits per heavy atom. The Hall–Kier alpha value is -1.95. The number of carboxylic acids is 1. The molecule has 0 amide bonds. The van der Waals surface area contributed by atoms with E-state index in [1.807, 2.05) is 26.0 Å². The minimum atomic E-state index is -1.02. The van der Waals surface area contributed by atoms with Gasteiger partial charge in [-0.1, -0.05) is 15.9 Å². The second-order valence-electron chi connectivity index (χ2n) is 4.47. The standard InChI is InChI=1S/C14H14BrN3O2/c1-8-3-10(4-9(2)13(8)15)17-6-12-11(14(19)20)5-16-7-18-12/h3-5,7,17H,6H2,1-2H3,(H,19,20). The van der Waals surface area contributed by atoms with Gasteiger partial charge in [0.15, 0.2) is 0 Å². The van der Waals surface area contributed by atoms with E-state index in [-0.39, 0.29) is 5.56 Å². The molecule has 1 heterocycles. The highest BCUT2D eigenvalue weighted by atomic mass is 79.9. The number of aromatic nitrogens is 2. The maximum Gasteiger partial charge on any atom is 0.339 e. The van der Waals surface area contributed by atoms with E-state index < -0.39 is 5.97 Å². The first kappa shape index (κ1) is 14.5. The largest absolute Gasteiger partial charge is 0.478 e. The Kier molecular flexibility index (Phi) is 4.34. The molecule has 6 heteroatoms. The van der Waals surface area contributed by atoms with E-state index in [1.54, 1.807) is 0 Å². The van der Waals surface area contributed by atoms with Crippen molar-refractivity contribution in [2.45, 2.75) is 20.4 Å². The van der Waals surface area contributed by atoms with Crippen LogP contribution in [0.5, 0.6) is 0 Å². The number of carboxylic acid groups (broad SMARTS) is 1. The van der Waals surface area contributed by atoms with Gasteiger partial charge in [0, 0.05) is 16.4 Å². The maximum atomic E-state index is 11.1. The van der Waals surface area contributed by atoms with Crippen LogP contribution >= 0.6 is 15.9 Å². The molecule has 20 heavy (non-hydrogen) atoms. The van der Waals surface area contributed by atoms with Gasteiger partial charge in [-0.3, -0.25) is 0 Å². The number of hydrogen-bond donors (Lipinski definition) is 2. The highest BCUT2D eigenvalue weighted by Gasteiger charge is 2.11. The Morgan fingerprint density at radius 2 is 2.00 bits per heavy atom. The van der Waals surface area contributed by atoms with Gasteiger partial charge in [-0.2, -0.15) is 0 Å². The first-order valence-corrected chi connectivity index (χ1v) is 6.81. The van der Waals surface area contributed by atoms with E-state index in [4.69, 9.17) is 5.11 Å². The predicted octanol–water partition coefficient (Wildman–Crippen LogP) is 3.17. The number of carbonyl (C=O) groups is 1. The van der Waals surface area contributed by atoms with Crippen molar-refractivity contribution in [3.05, 3.63) is 51.5 Å². The van der Waals surface area contributed by atoms with Gasteiger partial charge in [0.1, 0.15) is 11.9 Å². The fourth-order valence-electron chi connectivity index (χ4n) is 1.91. The molecule has 1 aromatic carbocycles. The van der Waals surface area contributed by atoms with E-state index in [1.165, 1.54) is 12.5 Å². The van der Waals surface area contributed by atoms with E-state index in [0.717, 1.165) is 21.3 Å². The highest BCUT2D eigenvalue weighted by Crippen LogP contribution is 2.25. The number of aromatic carboxylic acids is 1. The van der Waals surface area contributed by atoms with Crippen LogP contribution in [0.4, 0.5) is 5.69 Å². The molecule has 104 valence electrons. The summed E-state index contributed by atoms with van der Waals surface area (Å²) in [6, 6.07) is 4.00. The quantitative estimate of drug-likeness (QED) is 0.897. The highest BCUT2D eigenvalue weighted by molar-refractivity contribution is 9.10. The zero-order valence-electron chi connectivity index (χ0n) is 11.1. The molecule has 1 aromatic heterocycles. The van der Waals surface area contributed by atoms with Gasteiger partial charge < -0.3 is 10.4 Å². The van der Waals surface area contributed by atoms with Crippen molar-refractivity contribution in [1.29, 1.82) is 0 Å². The van der Waals surface area contributed by atoms with Gasteiger partial charge in [0.2, 0.25) is 0 Å². The van der Waals surface area contributed by atoms with Gasteiger partial charge in [-0.15, -0.1) is 0 Å². The number of nitrogens with one attached hydrogen (secondary N) is 1. The molecule has 0 unspecified atom stereocenters. The Balaban J connectivity index is 2.19. The van der Waals surface area contributed by atoms with Crippen molar-refractivity contribution >= 4 is 27.6 Å². The van der Waals surface area contributed by atoms with Gasteiger partial charge in [-0.05, 0) is 37.1 Å². The van der Waals surface area contributed by atoms with E-state index >= 15 is 0 Å². The van der Waals surface area contributed by atoms with Gasteiger partial charge in [0.05, 0.1) is 12.2 Å². The van der Waals surface area contributed by atoms with Crippen LogP contribution in [-0.2, 0) is 6.54 Å². The van der Waals surface area contributed by atoms with Crippen molar-refractivity contribution in [1.82, 2.24) is 9.97 Å². The first-order chi connectivity index (χ1) is 9.49. The van der Waals surface area contributed by atoms with Crippen LogP contribution < -0.4 is 5.32 Å². The third-order valence-corrected chi connectivity index (χ3v) is 4.17. The molecule has 5 nitrogen and oxygen atoms in total. The molecule has 0 aliphatic carbocycles. The van der Waals surface area contributed by atoms with Crippen LogP contribution in [0.15, 0.2) is 29.1 Å². The molecule has 0 fully saturated rings. The number of anilines is 1. The van der Waals surface area contributed by atoms with Crippen LogP contribution in [0.25, 0.3) is 0 Å². The molecule has 2 N–H and O–H groups in total. The minimum Gasteiger partial charge on any atom is -0.478 e. The molecular weight excluding hydrogens is 322 g/mol. The van der Waals surface area contributed by atoms with Gasteiger partial charge in [-0.25, -0.2) is 14.8 Å². The summed E-state index contributed by atoms with van der Waals surface area (Å²) in [5.74, 6) is -1.02. The number of hydrogen-bond acceptors (Lipinski definition) is 4.